The van der Waals surface area contributed by atoms with E-state index in [0.29, 0.717) is 5.56 Å². The van der Waals surface area contributed by atoms with Crippen LogP contribution in [-0.4, -0.2) is 40.3 Å². The number of hydrogen-bond donors (Lipinski definition) is 2. The van der Waals surface area contributed by atoms with E-state index < -0.39 is 35.0 Å². The van der Waals surface area contributed by atoms with Crippen molar-refractivity contribution in [3.8, 4) is 0 Å². The first-order chi connectivity index (χ1) is 10.3. The van der Waals surface area contributed by atoms with Crippen molar-refractivity contribution in [1.82, 2.24) is 4.90 Å². The number of likely N-dealkylation sites (tertiary alicyclic amines) is 1. The molecular weight excluding hydrogens is 296 g/mol. The summed E-state index contributed by atoms with van der Waals surface area (Å²) < 4.78 is 26.6. The maximum absolute atomic E-state index is 13.5. The average Bonchev–Trinajstić information content (AvgIpc) is 2.49. The molecule has 2 rings (SSSR count). The normalized spacial score (nSPS) is 25.0. The van der Waals surface area contributed by atoms with E-state index in [2.05, 4.69) is 0 Å². The van der Waals surface area contributed by atoms with Gasteiger partial charge in [-0.3, -0.25) is 4.79 Å². The van der Waals surface area contributed by atoms with Gasteiger partial charge >= 0.3 is 12.1 Å². The molecule has 0 radical (unpaired) electrons. The van der Waals surface area contributed by atoms with Crippen LogP contribution in [0.1, 0.15) is 31.2 Å². The Bertz CT molecular complexity index is 607. The summed E-state index contributed by atoms with van der Waals surface area (Å²) in [4.78, 5) is 24.0. The number of amides is 1. The fourth-order valence-corrected chi connectivity index (χ4v) is 3.20. The molecule has 22 heavy (non-hydrogen) atoms. The Kier molecular flexibility index (Phi) is 4.35. The van der Waals surface area contributed by atoms with Crippen molar-refractivity contribution in [3.05, 3.63) is 35.4 Å². The molecule has 0 bridgehead atoms. The van der Waals surface area contributed by atoms with Gasteiger partial charge in [0.05, 0.1) is 5.41 Å². The molecular formula is C15H17F2NO4. The van der Waals surface area contributed by atoms with E-state index in [1.54, 1.807) is 6.92 Å². The highest BCUT2D eigenvalue weighted by Crippen LogP contribution is 2.45. The van der Waals surface area contributed by atoms with Crippen molar-refractivity contribution in [2.24, 2.45) is 5.41 Å². The third kappa shape index (κ3) is 2.63. The van der Waals surface area contributed by atoms with E-state index >= 15 is 0 Å². The van der Waals surface area contributed by atoms with Crippen LogP contribution in [0.3, 0.4) is 0 Å². The molecule has 0 unspecified atom stereocenters. The quantitative estimate of drug-likeness (QED) is 0.899. The minimum Gasteiger partial charge on any atom is -0.481 e. The predicted molar refractivity (Wildman–Crippen MR) is 73.7 cm³/mol. The van der Waals surface area contributed by atoms with Gasteiger partial charge in [0.15, 0.2) is 11.6 Å². The van der Waals surface area contributed by atoms with Crippen LogP contribution in [0.2, 0.25) is 0 Å². The van der Waals surface area contributed by atoms with Crippen LogP contribution in [0.25, 0.3) is 0 Å². The monoisotopic (exact) mass is 313 g/mol. The Labute approximate surface area is 126 Å². The summed E-state index contributed by atoms with van der Waals surface area (Å²) in [5.74, 6) is -3.73. The van der Waals surface area contributed by atoms with Gasteiger partial charge in [-0.2, -0.15) is 0 Å². The fraction of sp³-hybridized carbons (Fsp3) is 0.467. The van der Waals surface area contributed by atoms with Gasteiger partial charge in [0.1, 0.15) is 0 Å². The molecule has 1 aromatic rings. The van der Waals surface area contributed by atoms with E-state index in [-0.39, 0.29) is 25.9 Å². The maximum Gasteiger partial charge on any atom is 0.407 e. The van der Waals surface area contributed by atoms with Gasteiger partial charge in [-0.15, -0.1) is 0 Å². The van der Waals surface area contributed by atoms with Crippen LogP contribution in [0.15, 0.2) is 18.2 Å². The summed E-state index contributed by atoms with van der Waals surface area (Å²) in [5, 5.41) is 18.8. The lowest BCUT2D eigenvalue weighted by Gasteiger charge is -2.44. The van der Waals surface area contributed by atoms with Crippen molar-refractivity contribution >= 4 is 12.1 Å². The summed E-state index contributed by atoms with van der Waals surface area (Å²) in [6.45, 7) is 1.65. The van der Waals surface area contributed by atoms with Gasteiger partial charge in [-0.25, -0.2) is 13.6 Å². The molecule has 0 saturated carbocycles. The van der Waals surface area contributed by atoms with Crippen LogP contribution < -0.4 is 0 Å². The van der Waals surface area contributed by atoms with Gasteiger partial charge in [0.2, 0.25) is 0 Å². The zero-order valence-corrected chi connectivity index (χ0v) is 12.1. The number of nitrogens with zero attached hydrogens (tertiary/aromatic N) is 1. The molecule has 120 valence electrons. The summed E-state index contributed by atoms with van der Waals surface area (Å²) in [5.41, 5.74) is -0.964. The third-order valence-corrected chi connectivity index (χ3v) is 4.50. The van der Waals surface area contributed by atoms with Crippen molar-refractivity contribution in [2.45, 2.75) is 25.7 Å². The Hall–Kier alpha value is -2.18. The molecule has 0 aromatic heterocycles. The minimum atomic E-state index is -1.35. The molecule has 1 amide bonds. The van der Waals surface area contributed by atoms with Gasteiger partial charge in [-0.1, -0.05) is 13.0 Å². The summed E-state index contributed by atoms with van der Waals surface area (Å²) in [7, 11) is 0. The van der Waals surface area contributed by atoms with Crippen molar-refractivity contribution in [3.63, 3.8) is 0 Å². The van der Waals surface area contributed by atoms with Crippen LogP contribution >= 0.6 is 0 Å². The van der Waals surface area contributed by atoms with Crippen molar-refractivity contribution in [2.75, 3.05) is 13.1 Å². The molecule has 0 spiro atoms. The van der Waals surface area contributed by atoms with E-state index in [4.69, 9.17) is 5.11 Å². The van der Waals surface area contributed by atoms with Gasteiger partial charge in [-0.05, 0) is 30.5 Å². The molecule has 1 fully saturated rings. The molecule has 1 aliphatic rings. The Balaban J connectivity index is 2.46. The zero-order chi connectivity index (χ0) is 16.5. The first-order valence-electron chi connectivity index (χ1n) is 6.98. The van der Waals surface area contributed by atoms with Crippen molar-refractivity contribution in [1.29, 1.82) is 0 Å². The van der Waals surface area contributed by atoms with Gasteiger partial charge < -0.3 is 15.1 Å². The number of rotatable bonds is 3. The summed E-state index contributed by atoms with van der Waals surface area (Å²) in [6, 6.07) is 3.34. The van der Waals surface area contributed by atoms with E-state index in [9.17, 15) is 23.5 Å². The second-order valence-corrected chi connectivity index (χ2v) is 5.53. The Morgan fingerprint density at radius 3 is 2.50 bits per heavy atom. The lowest BCUT2D eigenvalue weighted by Crippen LogP contribution is -2.53. The number of piperidine rings is 1. The number of carboxylic acids is 1. The highest BCUT2D eigenvalue weighted by atomic mass is 19.2. The van der Waals surface area contributed by atoms with Gasteiger partial charge in [0.25, 0.3) is 0 Å². The van der Waals surface area contributed by atoms with E-state index in [1.807, 2.05) is 0 Å². The first kappa shape index (κ1) is 16.2. The molecule has 2 N–H and O–H groups in total. The molecule has 0 aliphatic carbocycles. The minimum absolute atomic E-state index is 0.161. The van der Waals surface area contributed by atoms with Gasteiger partial charge in [0, 0.05) is 19.0 Å². The van der Waals surface area contributed by atoms with Crippen LogP contribution in [0.4, 0.5) is 13.6 Å². The molecule has 1 aromatic carbocycles. The first-order valence-corrected chi connectivity index (χ1v) is 6.98. The molecule has 2 atom stereocenters. The molecule has 5 nitrogen and oxygen atoms in total. The second-order valence-electron chi connectivity index (χ2n) is 5.53. The summed E-state index contributed by atoms with van der Waals surface area (Å²) in [6.07, 6.45) is -0.740. The standard InChI is InChI=1S/C15H17F2NO4/c1-2-15(13(19)20)8-18(14(21)22)6-5-10(15)9-3-4-11(16)12(17)7-9/h3-4,7,10H,2,5-6,8H2,1H3,(H,19,20)(H,21,22)/t10-,15+/m0/s1. The Morgan fingerprint density at radius 2 is 2.00 bits per heavy atom. The van der Waals surface area contributed by atoms with Crippen molar-refractivity contribution < 1.29 is 28.6 Å². The average molecular weight is 313 g/mol. The third-order valence-electron chi connectivity index (χ3n) is 4.50. The van der Waals surface area contributed by atoms with E-state index in [1.165, 1.54) is 6.07 Å². The summed E-state index contributed by atoms with van der Waals surface area (Å²) >= 11 is 0. The lowest BCUT2D eigenvalue weighted by atomic mass is 9.66. The smallest absolute Gasteiger partial charge is 0.407 e. The largest absolute Gasteiger partial charge is 0.481 e. The number of hydrogen-bond acceptors (Lipinski definition) is 2. The lowest BCUT2D eigenvalue weighted by molar-refractivity contribution is -0.154. The number of carbonyl (C=O) groups is 2. The molecule has 7 heteroatoms. The van der Waals surface area contributed by atoms with E-state index in [0.717, 1.165) is 17.0 Å². The van der Waals surface area contributed by atoms with Crippen LogP contribution in [-0.2, 0) is 4.79 Å². The van der Waals surface area contributed by atoms with Crippen LogP contribution in [0, 0.1) is 17.0 Å². The SMILES string of the molecule is CC[C@@]1(C(=O)O)CN(C(=O)O)CC[C@H]1c1ccc(F)c(F)c1. The topological polar surface area (TPSA) is 77.8 Å². The van der Waals surface area contributed by atoms with Crippen LogP contribution in [0.5, 0.6) is 0 Å². The zero-order valence-electron chi connectivity index (χ0n) is 12.1. The second kappa shape index (κ2) is 5.90. The number of halogens is 2. The highest BCUT2D eigenvalue weighted by molar-refractivity contribution is 5.78. The highest BCUT2D eigenvalue weighted by Gasteiger charge is 2.50. The molecule has 1 heterocycles. The predicted octanol–water partition coefficient (Wildman–Crippen LogP) is 2.91. The number of aliphatic carboxylic acids is 1. The number of benzene rings is 1. The molecule has 1 saturated heterocycles. The number of carboxylic acid groups (broad SMARTS) is 2. The molecule has 1 aliphatic heterocycles. The fourth-order valence-electron chi connectivity index (χ4n) is 3.20. The Morgan fingerprint density at radius 1 is 1.32 bits per heavy atom. The maximum atomic E-state index is 13.5.